The van der Waals surface area contributed by atoms with E-state index in [-0.39, 0.29) is 24.1 Å². The van der Waals surface area contributed by atoms with E-state index in [9.17, 15) is 9.18 Å². The van der Waals surface area contributed by atoms with E-state index in [2.05, 4.69) is 9.88 Å². The molecule has 164 valence electrons. The van der Waals surface area contributed by atoms with Gasteiger partial charge in [0.25, 0.3) is 5.91 Å². The van der Waals surface area contributed by atoms with Crippen molar-refractivity contribution in [2.75, 3.05) is 30.0 Å². The topological polar surface area (TPSA) is 84.6 Å². The Labute approximate surface area is 185 Å². The van der Waals surface area contributed by atoms with Crippen molar-refractivity contribution in [3.05, 3.63) is 65.1 Å². The maximum absolute atomic E-state index is 14.8. The predicted molar refractivity (Wildman–Crippen MR) is 120 cm³/mol. The van der Waals surface area contributed by atoms with Crippen LogP contribution in [0.2, 0.25) is 0 Å². The van der Waals surface area contributed by atoms with Crippen LogP contribution in [-0.2, 0) is 6.54 Å². The summed E-state index contributed by atoms with van der Waals surface area (Å²) in [5, 5.41) is 0. The van der Waals surface area contributed by atoms with Crippen LogP contribution >= 0.6 is 0 Å². The number of aromatic nitrogens is 2. The van der Waals surface area contributed by atoms with Gasteiger partial charge in [-0.15, -0.1) is 0 Å². The number of rotatable bonds is 4. The Kier molecular flexibility index (Phi) is 5.01. The zero-order valence-electron chi connectivity index (χ0n) is 18.0. The van der Waals surface area contributed by atoms with Gasteiger partial charge in [-0.05, 0) is 43.2 Å². The number of fused-ring (bicyclic) bond motifs is 1. The van der Waals surface area contributed by atoms with Crippen LogP contribution in [0.5, 0.6) is 5.75 Å². The van der Waals surface area contributed by atoms with Crippen molar-refractivity contribution in [3.8, 4) is 17.0 Å². The molecule has 0 saturated carbocycles. The minimum Gasteiger partial charge on any atom is -0.496 e. The maximum Gasteiger partial charge on any atom is 0.260 e. The average Bonchev–Trinajstić information content (AvgIpc) is 3.37. The molecular formula is C24H24FN5O2. The highest BCUT2D eigenvalue weighted by atomic mass is 19.1. The van der Waals surface area contributed by atoms with Gasteiger partial charge in [0.15, 0.2) is 0 Å². The molecule has 1 atom stereocenters. The van der Waals surface area contributed by atoms with E-state index < -0.39 is 5.82 Å². The highest BCUT2D eigenvalue weighted by Gasteiger charge is 2.34. The molecule has 32 heavy (non-hydrogen) atoms. The van der Waals surface area contributed by atoms with Crippen molar-refractivity contribution < 1.29 is 13.9 Å². The second kappa shape index (κ2) is 7.87. The Morgan fingerprint density at radius 3 is 2.81 bits per heavy atom. The molecule has 5 rings (SSSR count). The molecule has 4 heterocycles. The first-order valence-electron chi connectivity index (χ1n) is 10.6. The fourth-order valence-electron chi connectivity index (χ4n) is 4.49. The van der Waals surface area contributed by atoms with Crippen molar-refractivity contribution >= 4 is 17.5 Å². The van der Waals surface area contributed by atoms with Crippen LogP contribution < -0.4 is 20.3 Å². The number of nitrogens with zero attached hydrogens (tertiary/aromatic N) is 4. The van der Waals surface area contributed by atoms with E-state index in [0.717, 1.165) is 30.9 Å². The molecule has 3 aromatic rings. The van der Waals surface area contributed by atoms with Crippen molar-refractivity contribution in [3.63, 3.8) is 0 Å². The van der Waals surface area contributed by atoms with E-state index in [4.69, 9.17) is 15.5 Å². The van der Waals surface area contributed by atoms with E-state index in [1.54, 1.807) is 23.1 Å². The fourth-order valence-corrected chi connectivity index (χ4v) is 4.49. The molecule has 8 heteroatoms. The summed E-state index contributed by atoms with van der Waals surface area (Å²) in [4.78, 5) is 26.3. The van der Waals surface area contributed by atoms with Gasteiger partial charge in [0.2, 0.25) is 0 Å². The number of carbonyl (C=O) groups excluding carboxylic acids is 1. The van der Waals surface area contributed by atoms with Gasteiger partial charge >= 0.3 is 0 Å². The molecule has 2 aliphatic rings. The van der Waals surface area contributed by atoms with Gasteiger partial charge in [-0.2, -0.15) is 0 Å². The number of halogens is 1. The fraction of sp³-hybridized carbons (Fsp3) is 0.292. The molecule has 0 bridgehead atoms. The molecule has 1 fully saturated rings. The number of methoxy groups -OCH3 is 1. The van der Waals surface area contributed by atoms with Crippen LogP contribution in [0.1, 0.15) is 27.9 Å². The van der Waals surface area contributed by atoms with Crippen LogP contribution in [0.15, 0.2) is 42.6 Å². The smallest absolute Gasteiger partial charge is 0.260 e. The van der Waals surface area contributed by atoms with E-state index >= 15 is 0 Å². The average molecular weight is 433 g/mol. The van der Waals surface area contributed by atoms with E-state index in [1.165, 1.54) is 19.4 Å². The lowest BCUT2D eigenvalue weighted by atomic mass is 10.0. The first kappa shape index (κ1) is 20.4. The number of benzene rings is 1. The summed E-state index contributed by atoms with van der Waals surface area (Å²) in [6.07, 6.45) is 2.44. The van der Waals surface area contributed by atoms with Gasteiger partial charge in [0.05, 0.1) is 24.9 Å². The summed E-state index contributed by atoms with van der Waals surface area (Å²) in [7, 11) is 1.49. The van der Waals surface area contributed by atoms with Crippen LogP contribution in [0, 0.1) is 12.7 Å². The Hall–Kier alpha value is -3.52. The van der Waals surface area contributed by atoms with Crippen molar-refractivity contribution in [2.45, 2.75) is 25.9 Å². The Bertz CT molecular complexity index is 1210. The summed E-state index contributed by atoms with van der Waals surface area (Å²) >= 11 is 0. The van der Waals surface area contributed by atoms with Gasteiger partial charge in [-0.25, -0.2) is 9.37 Å². The number of pyridine rings is 2. The van der Waals surface area contributed by atoms with Crippen molar-refractivity contribution in [1.82, 2.24) is 9.97 Å². The summed E-state index contributed by atoms with van der Waals surface area (Å²) in [6.45, 7) is 3.84. The minimum absolute atomic E-state index is 0.127. The number of nitrogens with two attached hydrogens (primary N) is 1. The SMILES string of the molecule is COc1cccc(F)c1-c1nccc2c1CN(c1ccc(C)c(N3CCC(N)C3)n1)C2=O. The van der Waals surface area contributed by atoms with Crippen LogP contribution in [0.3, 0.4) is 0 Å². The maximum atomic E-state index is 14.8. The lowest BCUT2D eigenvalue weighted by Gasteiger charge is -2.22. The number of amides is 1. The number of carbonyl (C=O) groups is 1. The van der Waals surface area contributed by atoms with Crippen LogP contribution in [0.4, 0.5) is 16.0 Å². The van der Waals surface area contributed by atoms with Gasteiger partial charge in [0, 0.05) is 36.5 Å². The quantitative estimate of drug-likeness (QED) is 0.680. The third-order valence-corrected chi connectivity index (χ3v) is 6.14. The largest absolute Gasteiger partial charge is 0.496 e. The summed E-state index contributed by atoms with van der Waals surface area (Å²) in [6, 6.07) is 10.2. The lowest BCUT2D eigenvalue weighted by Crippen LogP contribution is -2.29. The van der Waals surface area contributed by atoms with Gasteiger partial charge in [-0.3, -0.25) is 14.7 Å². The summed E-state index contributed by atoms with van der Waals surface area (Å²) < 4.78 is 20.1. The highest BCUT2D eigenvalue weighted by molar-refractivity contribution is 6.10. The molecular weight excluding hydrogens is 409 g/mol. The van der Waals surface area contributed by atoms with Gasteiger partial charge in [-0.1, -0.05) is 12.1 Å². The first-order valence-corrected chi connectivity index (χ1v) is 10.6. The predicted octanol–water partition coefficient (Wildman–Crippen LogP) is 3.30. The molecule has 7 nitrogen and oxygen atoms in total. The van der Waals surface area contributed by atoms with E-state index in [1.807, 2.05) is 19.1 Å². The van der Waals surface area contributed by atoms with Gasteiger partial charge in [0.1, 0.15) is 23.2 Å². The third kappa shape index (κ3) is 3.27. The second-order valence-electron chi connectivity index (χ2n) is 8.20. The van der Waals surface area contributed by atoms with Crippen LogP contribution in [-0.4, -0.2) is 42.1 Å². The second-order valence-corrected chi connectivity index (χ2v) is 8.20. The molecule has 2 N–H and O–H groups in total. The zero-order valence-corrected chi connectivity index (χ0v) is 18.0. The van der Waals surface area contributed by atoms with E-state index in [0.29, 0.717) is 28.4 Å². The number of ether oxygens (including phenoxy) is 1. The molecule has 2 aromatic heterocycles. The lowest BCUT2D eigenvalue weighted by molar-refractivity contribution is 0.0996. The number of anilines is 2. The molecule has 0 aliphatic carbocycles. The normalized spacial score (nSPS) is 17.8. The summed E-state index contributed by atoms with van der Waals surface area (Å²) in [5.74, 6) is 1.14. The van der Waals surface area contributed by atoms with Crippen molar-refractivity contribution in [2.24, 2.45) is 5.73 Å². The summed E-state index contributed by atoms with van der Waals surface area (Å²) in [5.41, 5.74) is 8.93. The molecule has 1 unspecified atom stereocenters. The zero-order chi connectivity index (χ0) is 22.4. The first-order chi connectivity index (χ1) is 15.5. The molecule has 2 aliphatic heterocycles. The van der Waals surface area contributed by atoms with Crippen molar-refractivity contribution in [1.29, 1.82) is 0 Å². The molecule has 0 spiro atoms. The minimum atomic E-state index is -0.447. The number of aryl methyl sites for hydroxylation is 1. The monoisotopic (exact) mass is 433 g/mol. The Morgan fingerprint density at radius 2 is 2.06 bits per heavy atom. The van der Waals surface area contributed by atoms with Crippen LogP contribution in [0.25, 0.3) is 11.3 Å². The Morgan fingerprint density at radius 1 is 1.22 bits per heavy atom. The highest BCUT2D eigenvalue weighted by Crippen LogP contribution is 2.39. The molecule has 0 radical (unpaired) electrons. The molecule has 1 aromatic carbocycles. The number of hydrogen-bond acceptors (Lipinski definition) is 6. The Balaban J connectivity index is 1.55. The molecule has 1 amide bonds. The number of hydrogen-bond donors (Lipinski definition) is 1. The van der Waals surface area contributed by atoms with Gasteiger partial charge < -0.3 is 15.4 Å². The molecule has 1 saturated heterocycles. The standard InChI is InChI=1S/C24H24FN5O2/c1-14-6-7-20(28-23(14)29-11-9-15(26)12-29)30-13-17-16(24(30)31)8-10-27-22(17)21-18(25)4-3-5-19(21)32-2/h3-8,10,15H,9,11-13,26H2,1-2H3. The third-order valence-electron chi connectivity index (χ3n) is 6.14.